The molecule has 1 aromatic rings. The first-order valence-electron chi connectivity index (χ1n) is 14.8. The maximum absolute atomic E-state index is 14.8. The van der Waals surface area contributed by atoms with Gasteiger partial charge in [0.1, 0.15) is 6.04 Å². The summed E-state index contributed by atoms with van der Waals surface area (Å²) in [4.78, 5) is 48.4. The predicted octanol–water partition coefficient (Wildman–Crippen LogP) is 3.67. The summed E-state index contributed by atoms with van der Waals surface area (Å²) in [6.45, 7) is 8.33. The number of thioether (sulfide) groups is 1. The zero-order chi connectivity index (χ0) is 28.4. The van der Waals surface area contributed by atoms with Gasteiger partial charge in [0.25, 0.3) is 0 Å². The topological polar surface area (TPSA) is 81.2 Å². The van der Waals surface area contributed by atoms with Crippen molar-refractivity contribution >= 4 is 29.5 Å². The van der Waals surface area contributed by atoms with E-state index in [1.165, 1.54) is 6.42 Å². The number of benzene rings is 1. The molecule has 5 rings (SSSR count). The van der Waals surface area contributed by atoms with Crippen LogP contribution in [0.4, 0.5) is 0 Å². The van der Waals surface area contributed by atoms with Gasteiger partial charge in [-0.3, -0.25) is 14.4 Å². The fraction of sp³-hybridized carbons (Fsp3) is 0.594. The van der Waals surface area contributed by atoms with Gasteiger partial charge >= 0.3 is 0 Å². The minimum Gasteiger partial charge on any atom is -0.394 e. The molecule has 7 nitrogen and oxygen atoms in total. The summed E-state index contributed by atoms with van der Waals surface area (Å²) in [5.74, 6) is -1.31. The summed E-state index contributed by atoms with van der Waals surface area (Å²) in [7, 11) is 1.76. The highest BCUT2D eigenvalue weighted by Crippen LogP contribution is 2.67. The standard InChI is InChI=1S/C32H43N3O4S/c1-4-18-33(3)29(37)26-25-16-17-32(40-25)27(26)30(38)35(24(21-36)20-22-12-8-6-9-13-22)28(32)31(39)34(19-5-2)23-14-10-7-11-15-23/h4-6,8-9,12-13,23-28,36H,1-2,7,10-11,14-21H2,3H3/t24-,25-,26+,27+,28?,32?/m1/s1. The molecule has 1 saturated carbocycles. The Hall–Kier alpha value is -2.58. The lowest BCUT2D eigenvalue weighted by Crippen LogP contribution is -2.59. The Morgan fingerprint density at radius 1 is 1.10 bits per heavy atom. The molecule has 8 heteroatoms. The third-order valence-electron chi connectivity index (χ3n) is 9.58. The SMILES string of the molecule is C=CCN(C)C(=O)[C@@H]1[C@H]2C(=O)N([C@@H](CO)Cc3ccccc3)C(C(=O)N(CC=C)C3CCCCC3)C23CC[C@H]1S3. The van der Waals surface area contributed by atoms with Crippen LogP contribution in [-0.2, 0) is 20.8 Å². The van der Waals surface area contributed by atoms with Crippen molar-refractivity contribution in [2.75, 3.05) is 26.7 Å². The third-order valence-corrected chi connectivity index (χ3v) is 11.5. The van der Waals surface area contributed by atoms with Crippen molar-refractivity contribution in [2.24, 2.45) is 11.8 Å². The summed E-state index contributed by atoms with van der Waals surface area (Å²) in [5.41, 5.74) is 1.00. The minimum atomic E-state index is -0.717. The van der Waals surface area contributed by atoms with Crippen molar-refractivity contribution < 1.29 is 19.5 Å². The van der Waals surface area contributed by atoms with E-state index >= 15 is 0 Å². The van der Waals surface area contributed by atoms with Crippen molar-refractivity contribution in [3.05, 3.63) is 61.2 Å². The number of aliphatic hydroxyl groups is 1. The number of nitrogens with zero attached hydrogens (tertiary/aromatic N) is 3. The molecule has 1 aromatic carbocycles. The number of aliphatic hydroxyl groups excluding tert-OH is 1. The van der Waals surface area contributed by atoms with E-state index in [1.54, 1.807) is 40.8 Å². The Balaban J connectivity index is 1.57. The molecular formula is C32H43N3O4S. The van der Waals surface area contributed by atoms with Crippen LogP contribution in [0.1, 0.15) is 50.5 Å². The lowest BCUT2D eigenvalue weighted by Gasteiger charge is -2.42. The van der Waals surface area contributed by atoms with Crippen LogP contribution in [-0.4, -0.2) is 92.4 Å². The van der Waals surface area contributed by atoms with Crippen molar-refractivity contribution in [1.29, 1.82) is 0 Å². The number of rotatable bonds is 11. The number of hydrogen-bond donors (Lipinski definition) is 1. The van der Waals surface area contributed by atoms with Crippen molar-refractivity contribution in [2.45, 2.75) is 79.5 Å². The van der Waals surface area contributed by atoms with Gasteiger partial charge in [-0.1, -0.05) is 61.7 Å². The molecule has 1 N–H and O–H groups in total. The molecule has 3 heterocycles. The fourth-order valence-electron chi connectivity index (χ4n) is 7.83. The molecule has 4 fully saturated rings. The molecular weight excluding hydrogens is 522 g/mol. The molecule has 3 aliphatic heterocycles. The van der Waals surface area contributed by atoms with E-state index in [1.807, 2.05) is 35.2 Å². The van der Waals surface area contributed by atoms with Gasteiger partial charge in [0.05, 0.1) is 29.2 Å². The van der Waals surface area contributed by atoms with Crippen LogP contribution >= 0.6 is 11.8 Å². The highest BCUT2D eigenvalue weighted by molar-refractivity contribution is 8.02. The average molecular weight is 566 g/mol. The van der Waals surface area contributed by atoms with E-state index in [0.717, 1.165) is 44.1 Å². The lowest BCUT2D eigenvalue weighted by atomic mass is 9.70. The smallest absolute Gasteiger partial charge is 0.247 e. The Bertz CT molecular complexity index is 1120. The van der Waals surface area contributed by atoms with Crippen LogP contribution in [0.2, 0.25) is 0 Å². The van der Waals surface area contributed by atoms with Gasteiger partial charge < -0.3 is 19.8 Å². The summed E-state index contributed by atoms with van der Waals surface area (Å²) >= 11 is 1.69. The second-order valence-corrected chi connectivity index (χ2v) is 13.5. The second-order valence-electron chi connectivity index (χ2n) is 11.9. The molecule has 0 aromatic heterocycles. The average Bonchev–Trinajstić information content (AvgIpc) is 3.62. The van der Waals surface area contributed by atoms with Crippen LogP contribution in [0, 0.1) is 11.8 Å². The number of amides is 3. The van der Waals surface area contributed by atoms with Gasteiger partial charge in [-0.05, 0) is 37.7 Å². The first-order chi connectivity index (χ1) is 19.4. The normalized spacial score (nSPS) is 30.1. The number of likely N-dealkylation sites (N-methyl/N-ethyl adjacent to an activating group) is 1. The van der Waals surface area contributed by atoms with Gasteiger partial charge in [0.15, 0.2) is 0 Å². The van der Waals surface area contributed by atoms with Gasteiger partial charge in [-0.15, -0.1) is 24.9 Å². The molecule has 1 spiro atoms. The number of likely N-dealkylation sites (tertiary alicyclic amines) is 1. The Labute approximate surface area is 242 Å². The summed E-state index contributed by atoms with van der Waals surface area (Å²) < 4.78 is -0.674. The number of fused-ring (bicyclic) bond motifs is 1. The maximum Gasteiger partial charge on any atom is 0.247 e. The number of hydrogen-bond acceptors (Lipinski definition) is 5. The number of carbonyl (C=O) groups excluding carboxylic acids is 3. The van der Waals surface area contributed by atoms with Gasteiger partial charge in [-0.2, -0.15) is 0 Å². The predicted molar refractivity (Wildman–Crippen MR) is 159 cm³/mol. The molecule has 6 atom stereocenters. The van der Waals surface area contributed by atoms with E-state index in [2.05, 4.69) is 13.2 Å². The lowest BCUT2D eigenvalue weighted by molar-refractivity contribution is -0.147. The number of carbonyl (C=O) groups is 3. The molecule has 2 unspecified atom stereocenters. The summed E-state index contributed by atoms with van der Waals surface area (Å²) in [6, 6.07) is 8.66. The third kappa shape index (κ3) is 4.91. The quantitative estimate of drug-likeness (QED) is 0.414. The summed E-state index contributed by atoms with van der Waals surface area (Å²) in [5, 5.41) is 10.7. The molecule has 4 aliphatic rings. The van der Waals surface area contributed by atoms with Crippen molar-refractivity contribution in [3.63, 3.8) is 0 Å². The zero-order valence-corrected chi connectivity index (χ0v) is 24.4. The Morgan fingerprint density at radius 2 is 1.80 bits per heavy atom. The Morgan fingerprint density at radius 3 is 2.45 bits per heavy atom. The minimum absolute atomic E-state index is 0.00963. The van der Waals surface area contributed by atoms with E-state index in [4.69, 9.17) is 0 Å². The van der Waals surface area contributed by atoms with Gasteiger partial charge in [-0.25, -0.2) is 0 Å². The maximum atomic E-state index is 14.8. The van der Waals surface area contributed by atoms with E-state index in [9.17, 15) is 19.5 Å². The van der Waals surface area contributed by atoms with Crippen molar-refractivity contribution in [1.82, 2.24) is 14.7 Å². The van der Waals surface area contributed by atoms with Crippen LogP contribution in [0.15, 0.2) is 55.6 Å². The fourth-order valence-corrected chi connectivity index (χ4v) is 10.0. The van der Waals surface area contributed by atoms with E-state index < -0.39 is 28.7 Å². The Kier molecular flexibility index (Phi) is 8.76. The zero-order valence-electron chi connectivity index (χ0n) is 23.6. The van der Waals surface area contributed by atoms with E-state index in [-0.39, 0.29) is 35.6 Å². The molecule has 3 amide bonds. The largest absolute Gasteiger partial charge is 0.394 e. The van der Waals surface area contributed by atoms with Gasteiger partial charge in [0.2, 0.25) is 17.7 Å². The molecule has 216 valence electrons. The molecule has 0 radical (unpaired) electrons. The second kappa shape index (κ2) is 12.1. The molecule has 40 heavy (non-hydrogen) atoms. The van der Waals surface area contributed by atoms with Crippen LogP contribution in [0.3, 0.4) is 0 Å². The van der Waals surface area contributed by atoms with Crippen LogP contribution in [0.5, 0.6) is 0 Å². The highest BCUT2D eigenvalue weighted by Gasteiger charge is 2.74. The van der Waals surface area contributed by atoms with Crippen molar-refractivity contribution in [3.8, 4) is 0 Å². The van der Waals surface area contributed by atoms with E-state index in [0.29, 0.717) is 19.5 Å². The molecule has 1 aliphatic carbocycles. The first-order valence-corrected chi connectivity index (χ1v) is 15.7. The molecule has 2 bridgehead atoms. The van der Waals surface area contributed by atoms with Crippen LogP contribution in [0.25, 0.3) is 0 Å². The first kappa shape index (κ1) is 28.9. The molecule has 3 saturated heterocycles. The van der Waals surface area contributed by atoms with Gasteiger partial charge in [0, 0.05) is 31.4 Å². The summed E-state index contributed by atoms with van der Waals surface area (Å²) in [6.07, 6.45) is 10.7. The monoisotopic (exact) mass is 565 g/mol. The highest BCUT2D eigenvalue weighted by atomic mass is 32.2. The van der Waals surface area contributed by atoms with Crippen LogP contribution < -0.4 is 0 Å².